The number of para-hydroxylation sites is 1. The number of fused-ring (bicyclic) bond motifs is 1. The molecule has 10 atom stereocenters. The summed E-state index contributed by atoms with van der Waals surface area (Å²) in [5.41, 5.74) is 7.46. The lowest BCUT2D eigenvalue weighted by Gasteiger charge is -2.29. The lowest BCUT2D eigenvalue weighted by atomic mass is 9.96. The van der Waals surface area contributed by atoms with Gasteiger partial charge in [-0.05, 0) is 86.3 Å². The number of aliphatic carboxylic acids is 1. The zero-order chi connectivity index (χ0) is 56.9. The van der Waals surface area contributed by atoms with Crippen molar-refractivity contribution in [2.75, 3.05) is 18.6 Å². The summed E-state index contributed by atoms with van der Waals surface area (Å²) < 4.78 is 0. The van der Waals surface area contributed by atoms with Gasteiger partial charge in [0.2, 0.25) is 53.2 Å². The molecule has 9 amide bonds. The van der Waals surface area contributed by atoms with E-state index < -0.39 is 132 Å². The minimum atomic E-state index is -1.27. The van der Waals surface area contributed by atoms with Crippen LogP contribution in [0.15, 0.2) is 30.5 Å². The van der Waals surface area contributed by atoms with Crippen LogP contribution in [0.5, 0.6) is 0 Å². The van der Waals surface area contributed by atoms with Gasteiger partial charge in [-0.25, -0.2) is 4.79 Å². The number of carbonyl (C=O) groups is 10. The lowest BCUT2D eigenvalue weighted by molar-refractivity contribution is -0.142. The van der Waals surface area contributed by atoms with Crippen molar-refractivity contribution in [2.24, 2.45) is 35.3 Å². The highest BCUT2D eigenvalue weighted by Crippen LogP contribution is 2.20. The van der Waals surface area contributed by atoms with Gasteiger partial charge in [0.1, 0.15) is 48.3 Å². The number of carboxylic acids is 1. The Morgan fingerprint density at radius 2 is 1.09 bits per heavy atom. The van der Waals surface area contributed by atoms with Crippen molar-refractivity contribution >= 4 is 81.8 Å². The molecule has 0 aliphatic heterocycles. The van der Waals surface area contributed by atoms with Crippen molar-refractivity contribution in [3.8, 4) is 0 Å². The molecule has 0 aliphatic carbocycles. The predicted octanol–water partition coefficient (Wildman–Crippen LogP) is 1.36. The number of benzene rings is 1. The second kappa shape index (κ2) is 31.6. The minimum Gasteiger partial charge on any atom is -0.480 e. The molecule has 75 heavy (non-hydrogen) atoms. The van der Waals surface area contributed by atoms with Crippen molar-refractivity contribution in [1.82, 2.24) is 52.8 Å². The SMILES string of the molecule is CC[C@H](C)[C@H](NC(=O)[C@@H](NC(=O)[C@H](C)NC(=O)[C@H](C)NC(=O)[C@@H](NC(=O)[C@@H](N)CC(C)C)C(C)C)C(C)C)C(=O)NCC(=O)N[C@@H](Cc1c[nH]c2ccccc12)C(=O)N[C@@H](CCSC)C(=O)N[C@@H](CC(C)C)C(=O)O. The third kappa shape index (κ3) is 21.5. The van der Waals surface area contributed by atoms with E-state index in [2.05, 4.69) is 52.8 Å². The number of aromatic nitrogens is 1. The van der Waals surface area contributed by atoms with Crippen LogP contribution in [0.3, 0.4) is 0 Å². The number of rotatable bonds is 32. The number of nitrogens with two attached hydrogens (primary N) is 1. The molecule has 0 fully saturated rings. The smallest absolute Gasteiger partial charge is 0.326 e. The van der Waals surface area contributed by atoms with E-state index in [4.69, 9.17) is 5.73 Å². The summed E-state index contributed by atoms with van der Waals surface area (Å²) in [7, 11) is 0. The molecule has 420 valence electrons. The van der Waals surface area contributed by atoms with Crippen molar-refractivity contribution in [3.63, 3.8) is 0 Å². The average Bonchev–Trinajstić information content (AvgIpc) is 3.75. The van der Waals surface area contributed by atoms with E-state index in [1.165, 1.54) is 25.6 Å². The Morgan fingerprint density at radius 3 is 1.64 bits per heavy atom. The highest BCUT2D eigenvalue weighted by molar-refractivity contribution is 7.98. The van der Waals surface area contributed by atoms with Crippen LogP contribution < -0.4 is 53.6 Å². The van der Waals surface area contributed by atoms with Gasteiger partial charge in [0, 0.05) is 23.5 Å². The molecule has 1 aromatic carbocycles. The average molecular weight is 1070 g/mol. The normalized spacial score (nSPS) is 15.5. The molecule has 1 heterocycles. The summed E-state index contributed by atoms with van der Waals surface area (Å²) in [5.74, 6) is -8.18. The van der Waals surface area contributed by atoms with Crippen molar-refractivity contribution in [1.29, 1.82) is 0 Å². The van der Waals surface area contributed by atoms with Gasteiger partial charge in [-0.3, -0.25) is 43.2 Å². The topological polar surface area (TPSA) is 341 Å². The molecular formula is C52H85N11O11S. The summed E-state index contributed by atoms with van der Waals surface area (Å²) in [6.07, 6.45) is 4.64. The van der Waals surface area contributed by atoms with Gasteiger partial charge < -0.3 is 63.7 Å². The molecule has 22 nitrogen and oxygen atoms in total. The van der Waals surface area contributed by atoms with Gasteiger partial charge in [0.15, 0.2) is 0 Å². The third-order valence-electron chi connectivity index (χ3n) is 12.6. The third-order valence-corrected chi connectivity index (χ3v) is 13.2. The van der Waals surface area contributed by atoms with Gasteiger partial charge >= 0.3 is 5.97 Å². The van der Waals surface area contributed by atoms with Crippen LogP contribution >= 0.6 is 11.8 Å². The summed E-state index contributed by atoms with van der Waals surface area (Å²) in [4.78, 5) is 137. The van der Waals surface area contributed by atoms with Crippen molar-refractivity contribution in [2.45, 2.75) is 170 Å². The maximum absolute atomic E-state index is 14.1. The van der Waals surface area contributed by atoms with Gasteiger partial charge in [-0.1, -0.05) is 93.9 Å². The van der Waals surface area contributed by atoms with Gasteiger partial charge in [0.05, 0.1) is 12.6 Å². The number of H-pyrrole nitrogens is 1. The highest BCUT2D eigenvalue weighted by atomic mass is 32.2. The number of amides is 9. The van der Waals surface area contributed by atoms with Crippen LogP contribution in [0.2, 0.25) is 0 Å². The molecule has 23 heteroatoms. The van der Waals surface area contributed by atoms with E-state index in [0.29, 0.717) is 24.2 Å². The molecule has 0 bridgehead atoms. The van der Waals surface area contributed by atoms with E-state index in [1.54, 1.807) is 47.7 Å². The molecule has 0 saturated heterocycles. The summed E-state index contributed by atoms with van der Waals surface area (Å²) in [6.45, 7) is 20.0. The van der Waals surface area contributed by atoms with Crippen molar-refractivity contribution in [3.05, 3.63) is 36.0 Å². The number of aromatic amines is 1. The van der Waals surface area contributed by atoms with Crippen LogP contribution in [0.25, 0.3) is 10.9 Å². The Balaban J connectivity index is 2.21. The fourth-order valence-corrected chi connectivity index (χ4v) is 8.41. The summed E-state index contributed by atoms with van der Waals surface area (Å²) in [5, 5.41) is 34.2. The molecule has 2 aromatic rings. The first-order valence-corrected chi connectivity index (χ1v) is 27.2. The van der Waals surface area contributed by atoms with Gasteiger partial charge in [0.25, 0.3) is 0 Å². The first-order valence-electron chi connectivity index (χ1n) is 25.8. The number of carboxylic acid groups (broad SMARTS) is 1. The maximum Gasteiger partial charge on any atom is 0.326 e. The molecule has 0 radical (unpaired) electrons. The van der Waals surface area contributed by atoms with Crippen LogP contribution in [-0.2, 0) is 54.4 Å². The Labute approximate surface area is 445 Å². The number of nitrogens with one attached hydrogen (secondary N) is 10. The Bertz CT molecular complexity index is 2270. The fraction of sp³-hybridized carbons (Fsp3) is 0.654. The van der Waals surface area contributed by atoms with Crippen LogP contribution in [0.1, 0.15) is 114 Å². The fourth-order valence-electron chi connectivity index (χ4n) is 7.94. The zero-order valence-corrected chi connectivity index (χ0v) is 46.8. The molecule has 2 rings (SSSR count). The van der Waals surface area contributed by atoms with E-state index >= 15 is 0 Å². The Hall–Kier alpha value is -6.23. The number of hydrogen-bond donors (Lipinski definition) is 12. The molecule has 0 aliphatic rings. The second-order valence-electron chi connectivity index (χ2n) is 20.8. The second-order valence-corrected chi connectivity index (χ2v) is 21.8. The number of hydrogen-bond acceptors (Lipinski definition) is 12. The first-order chi connectivity index (χ1) is 35.1. The van der Waals surface area contributed by atoms with Crippen molar-refractivity contribution < 1.29 is 53.1 Å². The number of carbonyl (C=O) groups excluding carboxylic acids is 9. The van der Waals surface area contributed by atoms with E-state index in [0.717, 1.165) is 10.9 Å². The molecule has 0 unspecified atom stereocenters. The van der Waals surface area contributed by atoms with E-state index in [9.17, 15) is 53.1 Å². The molecule has 0 saturated carbocycles. The van der Waals surface area contributed by atoms with E-state index in [-0.39, 0.29) is 37.0 Å². The van der Waals surface area contributed by atoms with E-state index in [1.807, 2.05) is 58.2 Å². The first kappa shape index (κ1) is 64.9. The Morgan fingerprint density at radius 1 is 0.587 bits per heavy atom. The van der Waals surface area contributed by atoms with Gasteiger partial charge in [-0.2, -0.15) is 11.8 Å². The quantitative estimate of drug-likeness (QED) is 0.0493. The molecule has 1 aromatic heterocycles. The monoisotopic (exact) mass is 1070 g/mol. The maximum atomic E-state index is 14.1. The largest absolute Gasteiger partial charge is 0.480 e. The predicted molar refractivity (Wildman–Crippen MR) is 288 cm³/mol. The standard InChI is InChI=1S/C52H85N11O11S/c1-14-30(10)43(63-51(72)42(29(8)9)61-45(66)32(12)56-44(65)31(11)57-50(71)41(28(6)7)62-46(67)35(53)21-26(2)3)49(70)55-25-40(64)58-38(23-33-24-54-36-18-16-15-17-34(33)36)48(69)59-37(19-20-75-13)47(68)60-39(52(73)74)22-27(4)5/h15-18,24,26-32,35,37-39,41-43,54H,14,19-23,25,53H2,1-13H3,(H,55,70)(H,56,65)(H,57,71)(H,58,64)(H,59,69)(H,60,68)(H,61,66)(H,62,67)(H,63,72)(H,73,74)/t30-,31-,32-,35-,37-,38-,39-,41-,42-,43-/m0/s1. The summed E-state index contributed by atoms with van der Waals surface area (Å²) in [6, 6.07) is -2.77. The molecule has 13 N–H and O–H groups in total. The minimum absolute atomic E-state index is 0.0302. The van der Waals surface area contributed by atoms with Gasteiger partial charge in [-0.15, -0.1) is 0 Å². The molecule has 0 spiro atoms. The molecular weight excluding hydrogens is 987 g/mol. The van der Waals surface area contributed by atoms with Crippen LogP contribution in [0, 0.1) is 29.6 Å². The Kier molecular flexibility index (Phi) is 27.3. The number of thioether (sulfide) groups is 1. The summed E-state index contributed by atoms with van der Waals surface area (Å²) >= 11 is 1.43. The van der Waals surface area contributed by atoms with Crippen LogP contribution in [0.4, 0.5) is 0 Å². The highest BCUT2D eigenvalue weighted by Gasteiger charge is 2.35. The zero-order valence-electron chi connectivity index (χ0n) is 45.9. The van der Waals surface area contributed by atoms with Crippen LogP contribution in [-0.4, -0.2) is 142 Å². The lowest BCUT2D eigenvalue weighted by Crippen LogP contribution is -2.60.